The Morgan fingerprint density at radius 3 is 3.08 bits per heavy atom. The second kappa shape index (κ2) is 3.75. The van der Waals surface area contributed by atoms with Crippen LogP contribution in [0.25, 0.3) is 0 Å². The van der Waals surface area contributed by atoms with E-state index in [-0.39, 0.29) is 18.6 Å². The Kier molecular flexibility index (Phi) is 2.68. The molecule has 1 fully saturated rings. The minimum absolute atomic E-state index is 0.139. The lowest BCUT2D eigenvalue weighted by molar-refractivity contribution is -0.116. The Labute approximate surface area is 70.4 Å². The van der Waals surface area contributed by atoms with Gasteiger partial charge in [-0.25, -0.2) is 4.79 Å². The molecule has 5 heteroatoms. The molecule has 12 heavy (non-hydrogen) atoms. The molecule has 1 saturated heterocycles. The van der Waals surface area contributed by atoms with Crippen molar-refractivity contribution in [2.75, 3.05) is 19.8 Å². The number of urea groups is 1. The molecule has 1 heterocycles. The van der Waals surface area contributed by atoms with Crippen LogP contribution in [0.4, 0.5) is 4.79 Å². The van der Waals surface area contributed by atoms with Crippen molar-refractivity contribution in [1.82, 2.24) is 15.5 Å². The molecule has 5 nitrogen and oxygen atoms in total. The first-order valence-corrected chi connectivity index (χ1v) is 3.67. The van der Waals surface area contributed by atoms with Gasteiger partial charge in [0.1, 0.15) is 0 Å². The van der Waals surface area contributed by atoms with Crippen LogP contribution in [0.15, 0.2) is 12.7 Å². The van der Waals surface area contributed by atoms with E-state index in [1.54, 1.807) is 0 Å². The van der Waals surface area contributed by atoms with Gasteiger partial charge in [-0.15, -0.1) is 0 Å². The van der Waals surface area contributed by atoms with E-state index >= 15 is 0 Å². The zero-order valence-corrected chi connectivity index (χ0v) is 6.67. The number of carbonyl (C=O) groups excluding carboxylic acids is 2. The minimum Gasteiger partial charge on any atom is -0.336 e. The van der Waals surface area contributed by atoms with E-state index in [9.17, 15) is 9.59 Å². The molecule has 0 aromatic heterocycles. The molecule has 0 saturated carbocycles. The summed E-state index contributed by atoms with van der Waals surface area (Å²) in [6, 6.07) is -0.139. The standard InChI is InChI=1S/C7H11N3O2/c1-2-6(11)9-5-10-4-3-8-7(10)12/h2H,1,3-5H2,(H,8,12)(H,9,11). The van der Waals surface area contributed by atoms with Gasteiger partial charge >= 0.3 is 6.03 Å². The van der Waals surface area contributed by atoms with Crippen LogP contribution in [0.1, 0.15) is 0 Å². The summed E-state index contributed by atoms with van der Waals surface area (Å²) in [6.07, 6.45) is 1.17. The summed E-state index contributed by atoms with van der Waals surface area (Å²) in [5, 5.41) is 5.13. The fraction of sp³-hybridized carbons (Fsp3) is 0.429. The Hall–Kier alpha value is -1.52. The minimum atomic E-state index is -0.269. The summed E-state index contributed by atoms with van der Waals surface area (Å²) in [7, 11) is 0. The van der Waals surface area contributed by atoms with E-state index in [0.717, 1.165) is 0 Å². The van der Waals surface area contributed by atoms with Gasteiger partial charge in [-0.1, -0.05) is 6.58 Å². The molecule has 3 amide bonds. The number of hydrogen-bond donors (Lipinski definition) is 2. The van der Waals surface area contributed by atoms with E-state index < -0.39 is 0 Å². The van der Waals surface area contributed by atoms with Crippen molar-refractivity contribution >= 4 is 11.9 Å². The lowest BCUT2D eigenvalue weighted by atomic mass is 10.6. The van der Waals surface area contributed by atoms with E-state index in [1.165, 1.54) is 11.0 Å². The molecule has 0 aromatic rings. The highest BCUT2D eigenvalue weighted by Gasteiger charge is 2.18. The number of carbonyl (C=O) groups is 2. The lowest BCUT2D eigenvalue weighted by Crippen LogP contribution is -2.38. The van der Waals surface area contributed by atoms with Crippen molar-refractivity contribution in [2.24, 2.45) is 0 Å². The third-order valence-electron chi connectivity index (χ3n) is 1.57. The van der Waals surface area contributed by atoms with Gasteiger partial charge < -0.3 is 15.5 Å². The molecule has 0 radical (unpaired) electrons. The van der Waals surface area contributed by atoms with Gasteiger partial charge in [0.05, 0.1) is 6.67 Å². The summed E-state index contributed by atoms with van der Waals surface area (Å²) in [5.74, 6) is -0.269. The summed E-state index contributed by atoms with van der Waals surface area (Å²) in [5.41, 5.74) is 0. The third kappa shape index (κ3) is 1.98. The van der Waals surface area contributed by atoms with E-state index in [2.05, 4.69) is 17.2 Å². The van der Waals surface area contributed by atoms with Gasteiger partial charge in [0.15, 0.2) is 0 Å². The summed E-state index contributed by atoms with van der Waals surface area (Å²) in [6.45, 7) is 4.82. The average molecular weight is 169 g/mol. The molecule has 0 aromatic carbocycles. The molecular weight excluding hydrogens is 158 g/mol. The van der Waals surface area contributed by atoms with Crippen LogP contribution >= 0.6 is 0 Å². The first-order chi connectivity index (χ1) is 5.74. The van der Waals surface area contributed by atoms with Crippen molar-refractivity contribution in [3.63, 3.8) is 0 Å². The largest absolute Gasteiger partial charge is 0.336 e. The molecular formula is C7H11N3O2. The summed E-state index contributed by atoms with van der Waals surface area (Å²) < 4.78 is 0. The fourth-order valence-electron chi connectivity index (χ4n) is 0.908. The second-order valence-electron chi connectivity index (χ2n) is 2.40. The monoisotopic (exact) mass is 169 g/mol. The maximum absolute atomic E-state index is 10.9. The lowest BCUT2D eigenvalue weighted by Gasteiger charge is -2.13. The van der Waals surface area contributed by atoms with Crippen LogP contribution in [0.3, 0.4) is 0 Å². The van der Waals surface area contributed by atoms with Gasteiger partial charge in [0.2, 0.25) is 5.91 Å². The van der Waals surface area contributed by atoms with Gasteiger partial charge in [-0.3, -0.25) is 4.79 Å². The number of rotatable bonds is 3. The summed E-state index contributed by atoms with van der Waals surface area (Å²) in [4.78, 5) is 23.1. The topological polar surface area (TPSA) is 61.4 Å². The van der Waals surface area contributed by atoms with Crippen LogP contribution in [-0.4, -0.2) is 36.6 Å². The van der Waals surface area contributed by atoms with E-state index in [4.69, 9.17) is 0 Å². The Morgan fingerprint density at radius 2 is 2.58 bits per heavy atom. The van der Waals surface area contributed by atoms with Gasteiger partial charge in [-0.2, -0.15) is 0 Å². The highest BCUT2D eigenvalue weighted by atomic mass is 16.2. The maximum Gasteiger partial charge on any atom is 0.318 e. The molecule has 0 unspecified atom stereocenters. The second-order valence-corrected chi connectivity index (χ2v) is 2.40. The van der Waals surface area contributed by atoms with Crippen molar-refractivity contribution < 1.29 is 9.59 Å². The van der Waals surface area contributed by atoms with Gasteiger partial charge in [0, 0.05) is 13.1 Å². The molecule has 0 aliphatic carbocycles. The third-order valence-corrected chi connectivity index (χ3v) is 1.57. The Bertz CT molecular complexity index is 215. The number of amides is 3. The van der Waals surface area contributed by atoms with Crippen LogP contribution in [0.2, 0.25) is 0 Å². The van der Waals surface area contributed by atoms with Gasteiger partial charge in [0.25, 0.3) is 0 Å². The van der Waals surface area contributed by atoms with E-state index in [1.807, 2.05) is 0 Å². The molecule has 1 aliphatic rings. The smallest absolute Gasteiger partial charge is 0.318 e. The fourth-order valence-corrected chi connectivity index (χ4v) is 0.908. The van der Waals surface area contributed by atoms with Crippen LogP contribution in [-0.2, 0) is 4.79 Å². The number of nitrogens with one attached hydrogen (secondary N) is 2. The summed E-state index contributed by atoms with van der Waals surface area (Å²) >= 11 is 0. The predicted octanol–water partition coefficient (Wildman–Crippen LogP) is -0.729. The molecule has 66 valence electrons. The van der Waals surface area contributed by atoms with Crippen LogP contribution in [0, 0.1) is 0 Å². The van der Waals surface area contributed by atoms with Crippen molar-refractivity contribution in [1.29, 1.82) is 0 Å². The number of nitrogens with zero attached hydrogens (tertiary/aromatic N) is 1. The molecule has 0 atom stereocenters. The van der Waals surface area contributed by atoms with Crippen LogP contribution in [0.5, 0.6) is 0 Å². The first-order valence-electron chi connectivity index (χ1n) is 3.67. The van der Waals surface area contributed by atoms with Crippen molar-refractivity contribution in [2.45, 2.75) is 0 Å². The maximum atomic E-state index is 10.9. The predicted molar refractivity (Wildman–Crippen MR) is 43.3 cm³/mol. The zero-order chi connectivity index (χ0) is 8.97. The molecule has 2 N–H and O–H groups in total. The highest BCUT2D eigenvalue weighted by molar-refractivity contribution is 5.87. The van der Waals surface area contributed by atoms with Crippen molar-refractivity contribution in [3.8, 4) is 0 Å². The van der Waals surface area contributed by atoms with Crippen LogP contribution < -0.4 is 10.6 Å². The molecule has 1 aliphatic heterocycles. The van der Waals surface area contributed by atoms with Crippen molar-refractivity contribution in [3.05, 3.63) is 12.7 Å². The first kappa shape index (κ1) is 8.58. The quantitative estimate of drug-likeness (QED) is 0.547. The van der Waals surface area contributed by atoms with E-state index in [0.29, 0.717) is 13.1 Å². The average Bonchev–Trinajstić information content (AvgIpc) is 2.47. The Morgan fingerprint density at radius 1 is 1.83 bits per heavy atom. The zero-order valence-electron chi connectivity index (χ0n) is 6.67. The highest BCUT2D eigenvalue weighted by Crippen LogP contribution is 1.93. The molecule has 1 rings (SSSR count). The normalized spacial score (nSPS) is 15.7. The Balaban J connectivity index is 2.27. The van der Waals surface area contributed by atoms with Gasteiger partial charge in [-0.05, 0) is 6.08 Å². The molecule has 0 spiro atoms. The number of hydrogen-bond acceptors (Lipinski definition) is 2. The molecule has 0 bridgehead atoms. The SMILES string of the molecule is C=CC(=O)NCN1CCNC1=O.